The van der Waals surface area contributed by atoms with E-state index in [1.165, 1.54) is 6.42 Å². The van der Waals surface area contributed by atoms with E-state index in [1.807, 2.05) is 36.9 Å². The Labute approximate surface area is 184 Å². The maximum Gasteiger partial charge on any atom is 0 e. The molecule has 1 aromatic rings. The third-order valence-corrected chi connectivity index (χ3v) is 4.47. The zero-order valence-corrected chi connectivity index (χ0v) is 18.2. The molecule has 1 aliphatic heterocycles. The van der Waals surface area contributed by atoms with Gasteiger partial charge in [0.25, 0.3) is 0 Å². The number of rotatable bonds is 1. The molecular weight excluding hydrogens is 414 g/mol. The van der Waals surface area contributed by atoms with E-state index >= 15 is 0 Å². The van der Waals surface area contributed by atoms with Crippen molar-refractivity contribution in [1.82, 2.24) is 4.90 Å². The molecule has 1 amide bonds. The minimum Gasteiger partial charge on any atom is -0.358 e. The number of hydrogen-bond donors (Lipinski definition) is 0. The smallest absolute Gasteiger partial charge is 0 e. The van der Waals surface area contributed by atoms with Crippen LogP contribution >= 0.6 is 0 Å². The Morgan fingerprint density at radius 2 is 1.48 bits per heavy atom. The van der Waals surface area contributed by atoms with E-state index in [1.54, 1.807) is 12.1 Å². The van der Waals surface area contributed by atoms with Gasteiger partial charge in [0.1, 0.15) is 11.5 Å². The SMILES string of the molecule is CC1(C)COC2(CCCCC2)N1C(=O)Oc1ccccc1.[C-]#[O+].[C-]#[O+].[C-]#[O+].[CH3-].[Cr]. The van der Waals surface area contributed by atoms with Crippen LogP contribution in [-0.4, -0.2) is 28.9 Å². The van der Waals surface area contributed by atoms with E-state index in [0.29, 0.717) is 12.4 Å². The molecule has 3 rings (SSSR count). The van der Waals surface area contributed by atoms with Gasteiger partial charge in [-0.15, -0.1) is 0 Å². The molecule has 0 atom stereocenters. The van der Waals surface area contributed by atoms with Crippen molar-refractivity contribution >= 4 is 6.09 Å². The number of nitrogens with zero attached hydrogens (tertiary/aromatic N) is 1. The molecule has 2 aliphatic rings. The van der Waals surface area contributed by atoms with Crippen molar-refractivity contribution in [3.05, 3.63) is 57.7 Å². The summed E-state index contributed by atoms with van der Waals surface area (Å²) in [5.74, 6) is 0.580. The minimum absolute atomic E-state index is 0. The first-order chi connectivity index (χ1) is 13.0. The third-order valence-electron chi connectivity index (χ3n) is 4.47. The second-order valence-corrected chi connectivity index (χ2v) is 6.62. The van der Waals surface area contributed by atoms with E-state index in [2.05, 4.69) is 20.0 Å². The van der Waals surface area contributed by atoms with Crippen molar-refractivity contribution in [3.63, 3.8) is 0 Å². The van der Waals surface area contributed by atoms with E-state index in [9.17, 15) is 4.79 Å². The summed E-state index contributed by atoms with van der Waals surface area (Å²) in [6.45, 7) is 18.2. The summed E-state index contributed by atoms with van der Waals surface area (Å²) in [7, 11) is 0. The summed E-state index contributed by atoms with van der Waals surface area (Å²) in [6.07, 6.45) is 4.93. The summed E-state index contributed by atoms with van der Waals surface area (Å²) < 4.78 is 34.2. The maximum atomic E-state index is 12.7. The van der Waals surface area contributed by atoms with Crippen molar-refractivity contribution in [1.29, 1.82) is 0 Å². The molecule has 1 saturated heterocycles. The van der Waals surface area contributed by atoms with Crippen LogP contribution in [0.15, 0.2) is 30.3 Å². The normalized spacial score (nSPS) is 17.0. The Bertz CT molecular complexity index is 621. The number of ether oxygens (including phenoxy) is 2. The Hall–Kier alpha value is -1.80. The van der Waals surface area contributed by atoms with Crippen molar-refractivity contribution in [2.24, 2.45) is 0 Å². The van der Waals surface area contributed by atoms with E-state index in [0.717, 1.165) is 25.7 Å². The van der Waals surface area contributed by atoms with Gasteiger partial charge in [-0.25, -0.2) is 4.79 Å². The molecule has 8 heteroatoms. The summed E-state index contributed by atoms with van der Waals surface area (Å²) in [4.78, 5) is 14.6. The predicted molar refractivity (Wildman–Crippen MR) is 98.4 cm³/mol. The summed E-state index contributed by atoms with van der Waals surface area (Å²) >= 11 is 0. The third kappa shape index (κ3) is 8.22. The number of carbonyl (C=O) groups excluding carboxylic acids is 1. The average Bonchev–Trinajstić information content (AvgIpc) is 2.98. The van der Waals surface area contributed by atoms with Gasteiger partial charge in [0.15, 0.2) is 0 Å². The quantitative estimate of drug-likeness (QED) is 0.481. The van der Waals surface area contributed by atoms with Crippen LogP contribution in [0.1, 0.15) is 46.0 Å². The monoisotopic (exact) mass is 440 g/mol. The molecule has 29 heavy (non-hydrogen) atoms. The molecule has 0 unspecified atom stereocenters. The van der Waals surface area contributed by atoms with Crippen LogP contribution < -0.4 is 4.74 Å². The predicted octanol–water partition coefficient (Wildman–Crippen LogP) is 4.29. The summed E-state index contributed by atoms with van der Waals surface area (Å²) in [5.41, 5.74) is -0.795. The van der Waals surface area contributed by atoms with Crippen LogP contribution in [0.4, 0.5) is 4.79 Å². The van der Waals surface area contributed by atoms with E-state index < -0.39 is 5.72 Å². The molecule has 0 N–H and O–H groups in total. The van der Waals surface area contributed by atoms with Crippen LogP contribution in [0.25, 0.3) is 0 Å². The molecule has 1 aliphatic carbocycles. The van der Waals surface area contributed by atoms with Gasteiger partial charge in [0.2, 0.25) is 0 Å². The van der Waals surface area contributed by atoms with Crippen molar-refractivity contribution in [2.45, 2.75) is 57.2 Å². The zero-order valence-electron chi connectivity index (χ0n) is 16.9. The van der Waals surface area contributed by atoms with Crippen LogP contribution in [0.2, 0.25) is 0 Å². The van der Waals surface area contributed by atoms with Gasteiger partial charge in [-0.2, -0.15) is 0 Å². The largest absolute Gasteiger partial charge is 0.358 e. The molecule has 1 spiro atoms. The van der Waals surface area contributed by atoms with Gasteiger partial charge in [-0.1, -0.05) is 24.6 Å². The van der Waals surface area contributed by atoms with Gasteiger partial charge in [0.05, 0.1) is 12.1 Å². The maximum absolute atomic E-state index is 12.7. The molecule has 2 fully saturated rings. The fourth-order valence-electron chi connectivity index (χ4n) is 3.51. The fraction of sp³-hybridized carbons (Fsp3) is 0.476. The second-order valence-electron chi connectivity index (χ2n) is 6.62. The van der Waals surface area contributed by atoms with Crippen LogP contribution in [0, 0.1) is 27.4 Å². The number of para-hydroxylation sites is 1. The topological polar surface area (TPSA) is 98.5 Å². The van der Waals surface area contributed by atoms with Crippen LogP contribution in [-0.2, 0) is 36.1 Å². The van der Waals surface area contributed by atoms with Gasteiger partial charge >= 0.3 is 40.0 Å². The first-order valence-electron chi connectivity index (χ1n) is 8.36. The molecule has 0 bridgehead atoms. The second kappa shape index (κ2) is 16.0. The van der Waals surface area contributed by atoms with Crippen LogP contribution in [0.5, 0.6) is 5.75 Å². The molecule has 0 radical (unpaired) electrons. The Morgan fingerprint density at radius 1 is 1.00 bits per heavy atom. The number of hydrogen-bond acceptors (Lipinski definition) is 3. The fourth-order valence-corrected chi connectivity index (χ4v) is 3.51. The summed E-state index contributed by atoms with van der Waals surface area (Å²) in [5, 5.41) is 0. The average molecular weight is 440 g/mol. The van der Waals surface area contributed by atoms with Crippen molar-refractivity contribution in [2.75, 3.05) is 6.61 Å². The minimum atomic E-state index is -0.465. The first-order valence-corrected chi connectivity index (χ1v) is 8.36. The molecule has 1 aromatic carbocycles. The molecule has 1 saturated carbocycles. The van der Waals surface area contributed by atoms with Gasteiger partial charge in [0, 0.05) is 17.4 Å². The van der Waals surface area contributed by atoms with Gasteiger partial charge < -0.3 is 16.9 Å². The Kier molecular flexibility index (Phi) is 17.6. The van der Waals surface area contributed by atoms with E-state index in [-0.39, 0.29) is 36.4 Å². The Balaban J connectivity index is -0.000000776. The Morgan fingerprint density at radius 3 is 1.97 bits per heavy atom. The number of amides is 1. The molecular formula is C21H26CrNO6-. The van der Waals surface area contributed by atoms with Gasteiger partial charge in [-0.05, 0) is 51.7 Å². The zero-order chi connectivity index (χ0) is 20.9. The van der Waals surface area contributed by atoms with Crippen molar-refractivity contribution < 1.29 is 45.6 Å². The van der Waals surface area contributed by atoms with Gasteiger partial charge in [-0.3, -0.25) is 4.90 Å². The summed E-state index contributed by atoms with van der Waals surface area (Å²) in [6, 6.07) is 9.24. The number of benzene rings is 1. The van der Waals surface area contributed by atoms with Crippen molar-refractivity contribution in [3.8, 4) is 5.75 Å². The van der Waals surface area contributed by atoms with Crippen LogP contribution in [0.3, 0.4) is 0 Å². The molecule has 158 valence electrons. The number of carbonyl (C=O) groups is 1. The standard InChI is InChI=1S/C17H23NO3.3CO.CH3.Cr/c1-16(2)13-20-17(11-7-4-8-12-17)18(16)15(19)21-14-9-5-3-6-10-14;3*1-2;;/h3,5-6,9-10H,4,7-8,11-13H2,1-2H3;;;;1H3;/q;;;;-1;. The molecule has 0 aromatic heterocycles. The first kappa shape index (κ1) is 31.9. The van der Waals surface area contributed by atoms with E-state index in [4.69, 9.17) is 23.4 Å². The molecule has 1 heterocycles. The molecule has 7 nitrogen and oxygen atoms in total.